The molecule has 2 amide bonds. The van der Waals surface area contributed by atoms with Gasteiger partial charge >= 0.3 is 0 Å². The van der Waals surface area contributed by atoms with Gasteiger partial charge in [-0.25, -0.2) is 0 Å². The Kier molecular flexibility index (Phi) is 7.52. The third-order valence-corrected chi connectivity index (χ3v) is 4.98. The Hall–Kier alpha value is -1.79. The van der Waals surface area contributed by atoms with Gasteiger partial charge in [0.2, 0.25) is 11.8 Å². The van der Waals surface area contributed by atoms with Crippen molar-refractivity contribution in [3.63, 3.8) is 0 Å². The Balaban J connectivity index is 1.71. The summed E-state index contributed by atoms with van der Waals surface area (Å²) < 4.78 is 1.00. The number of hydrogen-bond acceptors (Lipinski definition) is 3. The van der Waals surface area contributed by atoms with Crippen LogP contribution in [0.5, 0.6) is 0 Å². The number of thioether (sulfide) groups is 1. The van der Waals surface area contributed by atoms with Crippen LogP contribution in [0.15, 0.2) is 53.0 Å². The Morgan fingerprint density at radius 2 is 1.76 bits per heavy atom. The first-order valence-corrected chi connectivity index (χ1v) is 9.88. The van der Waals surface area contributed by atoms with Crippen LogP contribution in [0.4, 0.5) is 5.69 Å². The molecular formula is C19H21BrN2O2S. The van der Waals surface area contributed by atoms with E-state index in [4.69, 9.17) is 0 Å². The van der Waals surface area contributed by atoms with E-state index in [0.29, 0.717) is 0 Å². The van der Waals surface area contributed by atoms with Gasteiger partial charge < -0.3 is 10.6 Å². The summed E-state index contributed by atoms with van der Waals surface area (Å²) in [6.07, 6.45) is 0. The lowest BCUT2D eigenvalue weighted by Crippen LogP contribution is -2.28. The summed E-state index contributed by atoms with van der Waals surface area (Å²) in [5, 5.41) is 5.77. The molecule has 0 bridgehead atoms. The molecule has 0 heterocycles. The number of aryl methyl sites for hydroxylation is 1. The molecule has 0 aliphatic heterocycles. The normalized spacial score (nSPS) is 11.6. The quantitative estimate of drug-likeness (QED) is 0.701. The molecule has 0 aliphatic rings. The summed E-state index contributed by atoms with van der Waals surface area (Å²) in [5.74, 6) is 0.309. The summed E-state index contributed by atoms with van der Waals surface area (Å²) in [5.41, 5.74) is 2.91. The van der Waals surface area contributed by atoms with Crippen LogP contribution in [0.25, 0.3) is 0 Å². The molecule has 0 saturated carbocycles. The van der Waals surface area contributed by atoms with Crippen LogP contribution < -0.4 is 10.6 Å². The number of carbonyl (C=O) groups excluding carboxylic acids is 2. The third-order valence-electron chi connectivity index (χ3n) is 3.52. The van der Waals surface area contributed by atoms with Gasteiger partial charge in [0.15, 0.2) is 0 Å². The summed E-state index contributed by atoms with van der Waals surface area (Å²) in [4.78, 5) is 23.9. The van der Waals surface area contributed by atoms with Crippen molar-refractivity contribution in [3.8, 4) is 0 Å². The highest BCUT2D eigenvalue weighted by atomic mass is 79.9. The van der Waals surface area contributed by atoms with Crippen LogP contribution in [0, 0.1) is 6.92 Å². The highest BCUT2D eigenvalue weighted by Crippen LogP contribution is 2.17. The van der Waals surface area contributed by atoms with E-state index in [2.05, 4.69) is 26.6 Å². The van der Waals surface area contributed by atoms with Gasteiger partial charge in [-0.1, -0.05) is 40.2 Å². The predicted molar refractivity (Wildman–Crippen MR) is 108 cm³/mol. The smallest absolute Gasteiger partial charge is 0.234 e. The number of amides is 2. The molecule has 132 valence electrons. The Labute approximate surface area is 160 Å². The largest absolute Gasteiger partial charge is 0.349 e. The van der Waals surface area contributed by atoms with Gasteiger partial charge in [0, 0.05) is 10.2 Å². The van der Waals surface area contributed by atoms with Crippen molar-refractivity contribution in [2.75, 3.05) is 16.8 Å². The zero-order valence-electron chi connectivity index (χ0n) is 14.2. The maximum atomic E-state index is 12.0. The number of carbonyl (C=O) groups is 2. The van der Waals surface area contributed by atoms with Crippen LogP contribution in [-0.2, 0) is 9.59 Å². The van der Waals surface area contributed by atoms with Crippen molar-refractivity contribution >= 4 is 45.2 Å². The van der Waals surface area contributed by atoms with Crippen molar-refractivity contribution in [3.05, 3.63) is 64.1 Å². The molecule has 2 aromatic carbocycles. The molecule has 6 heteroatoms. The topological polar surface area (TPSA) is 58.2 Å². The minimum Gasteiger partial charge on any atom is -0.349 e. The van der Waals surface area contributed by atoms with Gasteiger partial charge in [-0.3, -0.25) is 9.59 Å². The van der Waals surface area contributed by atoms with Gasteiger partial charge in [-0.15, -0.1) is 11.8 Å². The van der Waals surface area contributed by atoms with E-state index >= 15 is 0 Å². The van der Waals surface area contributed by atoms with Gasteiger partial charge in [0.25, 0.3) is 0 Å². The number of rotatable bonds is 7. The average Bonchev–Trinajstić information content (AvgIpc) is 2.55. The van der Waals surface area contributed by atoms with Gasteiger partial charge in [0.1, 0.15) is 0 Å². The fraction of sp³-hybridized carbons (Fsp3) is 0.263. The first kappa shape index (κ1) is 19.5. The van der Waals surface area contributed by atoms with E-state index in [1.165, 1.54) is 11.8 Å². The third kappa shape index (κ3) is 6.92. The van der Waals surface area contributed by atoms with E-state index in [9.17, 15) is 9.59 Å². The number of nitrogens with one attached hydrogen (secondary N) is 2. The van der Waals surface area contributed by atoms with Crippen molar-refractivity contribution in [1.29, 1.82) is 0 Å². The predicted octanol–water partition coefficient (Wildman–Crippen LogP) is 4.31. The van der Waals surface area contributed by atoms with Gasteiger partial charge in [0.05, 0.1) is 17.5 Å². The zero-order chi connectivity index (χ0) is 18.2. The number of anilines is 1. The first-order chi connectivity index (χ1) is 11.9. The van der Waals surface area contributed by atoms with E-state index in [1.54, 1.807) is 0 Å². The summed E-state index contributed by atoms with van der Waals surface area (Å²) in [6.45, 7) is 3.91. The van der Waals surface area contributed by atoms with Crippen molar-refractivity contribution in [2.24, 2.45) is 0 Å². The summed E-state index contributed by atoms with van der Waals surface area (Å²) in [7, 11) is 0. The number of benzene rings is 2. The zero-order valence-corrected chi connectivity index (χ0v) is 16.6. The summed E-state index contributed by atoms with van der Waals surface area (Å²) in [6, 6.07) is 15.4. The van der Waals surface area contributed by atoms with E-state index < -0.39 is 0 Å². The first-order valence-electron chi connectivity index (χ1n) is 7.93. The molecule has 0 spiro atoms. The average molecular weight is 421 g/mol. The maximum absolute atomic E-state index is 12.0. The summed E-state index contributed by atoms with van der Waals surface area (Å²) >= 11 is 4.69. The lowest BCUT2D eigenvalue weighted by atomic mass is 10.1. The van der Waals surface area contributed by atoms with Crippen LogP contribution in [-0.4, -0.2) is 23.3 Å². The van der Waals surface area contributed by atoms with E-state index in [-0.39, 0.29) is 29.4 Å². The Morgan fingerprint density at radius 3 is 2.44 bits per heavy atom. The molecule has 0 saturated heterocycles. The number of hydrogen-bond donors (Lipinski definition) is 2. The highest BCUT2D eigenvalue weighted by Gasteiger charge is 2.11. The second-order valence-corrected chi connectivity index (χ2v) is 7.65. The van der Waals surface area contributed by atoms with Crippen LogP contribution in [0.2, 0.25) is 0 Å². The van der Waals surface area contributed by atoms with Crippen molar-refractivity contribution < 1.29 is 9.59 Å². The second-order valence-electron chi connectivity index (χ2n) is 5.75. The molecule has 1 unspecified atom stereocenters. The lowest BCUT2D eigenvalue weighted by molar-refractivity contribution is -0.119. The molecule has 1 atom stereocenters. The SMILES string of the molecule is Cc1cccc(NC(=O)CSCC(=O)NC(C)c2ccc(Br)cc2)c1. The molecular weight excluding hydrogens is 400 g/mol. The molecule has 2 rings (SSSR count). The minimum atomic E-state index is -0.107. The Morgan fingerprint density at radius 1 is 1.08 bits per heavy atom. The Bertz CT molecular complexity index is 734. The molecule has 0 aromatic heterocycles. The molecule has 0 fully saturated rings. The monoisotopic (exact) mass is 420 g/mol. The van der Waals surface area contributed by atoms with Crippen molar-refractivity contribution in [1.82, 2.24) is 5.32 Å². The molecule has 25 heavy (non-hydrogen) atoms. The highest BCUT2D eigenvalue weighted by molar-refractivity contribution is 9.10. The molecule has 0 aliphatic carbocycles. The van der Waals surface area contributed by atoms with Gasteiger partial charge in [-0.2, -0.15) is 0 Å². The van der Waals surface area contributed by atoms with Crippen LogP contribution >= 0.6 is 27.7 Å². The molecule has 0 radical (unpaired) electrons. The molecule has 2 N–H and O–H groups in total. The van der Waals surface area contributed by atoms with Gasteiger partial charge in [-0.05, 0) is 49.2 Å². The molecule has 4 nitrogen and oxygen atoms in total. The van der Waals surface area contributed by atoms with Crippen LogP contribution in [0.3, 0.4) is 0 Å². The fourth-order valence-corrected chi connectivity index (χ4v) is 3.17. The lowest BCUT2D eigenvalue weighted by Gasteiger charge is -2.14. The maximum Gasteiger partial charge on any atom is 0.234 e. The molecule has 2 aromatic rings. The van der Waals surface area contributed by atoms with Crippen LogP contribution in [0.1, 0.15) is 24.1 Å². The van der Waals surface area contributed by atoms with E-state index in [0.717, 1.165) is 21.3 Å². The number of halogens is 1. The fourth-order valence-electron chi connectivity index (χ4n) is 2.27. The second kappa shape index (κ2) is 9.63. The minimum absolute atomic E-state index is 0.0673. The van der Waals surface area contributed by atoms with Crippen molar-refractivity contribution in [2.45, 2.75) is 19.9 Å². The van der Waals surface area contributed by atoms with E-state index in [1.807, 2.05) is 62.4 Å². The standard InChI is InChI=1S/C19H21BrN2O2S/c1-13-4-3-5-17(10-13)22-19(24)12-25-11-18(23)21-14(2)15-6-8-16(20)9-7-15/h3-10,14H,11-12H2,1-2H3,(H,21,23)(H,22,24).